The Morgan fingerprint density at radius 3 is 2.00 bits per heavy atom. The van der Waals surface area contributed by atoms with Gasteiger partial charge in [-0.15, -0.1) is 0 Å². The van der Waals surface area contributed by atoms with Gasteiger partial charge in [-0.05, 0) is 6.92 Å². The molecule has 0 heterocycles. The molecule has 0 radical (unpaired) electrons. The highest BCUT2D eigenvalue weighted by atomic mass is 16.3. The summed E-state index contributed by atoms with van der Waals surface area (Å²) in [7, 11) is 1.83. The average Bonchev–Trinajstić information content (AvgIpc) is 1.65. The third-order valence-corrected chi connectivity index (χ3v) is 0.975. The van der Waals surface area contributed by atoms with Crippen LogP contribution in [0.15, 0.2) is 0 Å². The molecule has 0 aromatic rings. The van der Waals surface area contributed by atoms with Gasteiger partial charge in [-0.3, -0.25) is 0 Å². The fraction of sp³-hybridized carbons (Fsp3) is 1.00. The van der Waals surface area contributed by atoms with Crippen LogP contribution in [0.2, 0.25) is 6.32 Å². The first kappa shape index (κ1) is 6.98. The smallest absolute Gasteiger partial charge is 0.104 e. The van der Waals surface area contributed by atoms with E-state index in [0.717, 1.165) is 0 Å². The van der Waals surface area contributed by atoms with Gasteiger partial charge >= 0.3 is 0 Å². The minimum absolute atomic E-state index is 0.542. The maximum Gasteiger partial charge on any atom is 0.104 e. The molecule has 0 saturated heterocycles. The van der Waals surface area contributed by atoms with Crippen LogP contribution in [0.4, 0.5) is 0 Å². The predicted molar refractivity (Wildman–Crippen MR) is 31.0 cm³/mol. The lowest BCUT2D eigenvalue weighted by Gasteiger charge is -2.08. The molecule has 0 rings (SSSR count). The summed E-state index contributed by atoms with van der Waals surface area (Å²) in [5.74, 6) is 0. The minimum Gasteiger partial charge on any atom is -0.391 e. The van der Waals surface area contributed by atoms with Gasteiger partial charge in [0.1, 0.15) is 7.85 Å². The normalized spacial score (nSPS) is 18.7. The fourth-order valence-corrected chi connectivity index (χ4v) is 0.341. The van der Waals surface area contributed by atoms with Crippen LogP contribution in [0.1, 0.15) is 6.92 Å². The van der Waals surface area contributed by atoms with Gasteiger partial charge in [0, 0.05) is 0 Å². The number of aliphatic hydroxyl groups excluding tert-OH is 2. The van der Waals surface area contributed by atoms with Crippen molar-refractivity contribution in [2.45, 2.75) is 25.5 Å². The standard InChI is InChI=1S/C4H11BO2/c1-3(6)4(7)2-5/h3-4,6-7H,2,5H2,1H3. The molecule has 2 N–H and O–H groups in total. The zero-order valence-electron chi connectivity index (χ0n) is 4.76. The molecule has 0 saturated carbocycles. The summed E-state index contributed by atoms with van der Waals surface area (Å²) in [6.07, 6.45) is -0.498. The van der Waals surface area contributed by atoms with E-state index in [0.29, 0.717) is 6.32 Å². The van der Waals surface area contributed by atoms with Crippen LogP contribution in [0.25, 0.3) is 0 Å². The van der Waals surface area contributed by atoms with Crippen LogP contribution >= 0.6 is 0 Å². The topological polar surface area (TPSA) is 40.5 Å². The maximum atomic E-state index is 8.69. The van der Waals surface area contributed by atoms with E-state index in [9.17, 15) is 0 Å². The lowest BCUT2D eigenvalue weighted by Crippen LogP contribution is -2.21. The van der Waals surface area contributed by atoms with Crippen LogP contribution in [-0.2, 0) is 0 Å². The van der Waals surface area contributed by atoms with Crippen molar-refractivity contribution in [3.63, 3.8) is 0 Å². The predicted octanol–water partition coefficient (Wildman–Crippen LogP) is -1.22. The van der Waals surface area contributed by atoms with E-state index in [4.69, 9.17) is 10.2 Å². The molecule has 0 aromatic carbocycles. The second-order valence-electron chi connectivity index (χ2n) is 1.72. The summed E-state index contributed by atoms with van der Waals surface area (Å²) < 4.78 is 0. The number of aliphatic hydroxyl groups is 2. The maximum absolute atomic E-state index is 8.69. The van der Waals surface area contributed by atoms with E-state index < -0.39 is 12.2 Å². The Kier molecular flexibility index (Phi) is 3.04. The highest BCUT2D eigenvalue weighted by molar-refractivity contribution is 6.08. The highest BCUT2D eigenvalue weighted by Gasteiger charge is 2.05. The highest BCUT2D eigenvalue weighted by Crippen LogP contribution is 1.93. The van der Waals surface area contributed by atoms with E-state index >= 15 is 0 Å². The van der Waals surface area contributed by atoms with E-state index in [1.165, 1.54) is 0 Å². The number of hydrogen-bond donors (Lipinski definition) is 2. The summed E-state index contributed by atoms with van der Waals surface area (Å²) >= 11 is 0. The van der Waals surface area contributed by atoms with Gasteiger partial charge < -0.3 is 10.2 Å². The SMILES string of the molecule is BCC(O)C(C)O. The monoisotopic (exact) mass is 102 g/mol. The van der Waals surface area contributed by atoms with Crippen LogP contribution in [0, 0.1) is 0 Å². The van der Waals surface area contributed by atoms with Crippen molar-refractivity contribution in [3.8, 4) is 0 Å². The van der Waals surface area contributed by atoms with Gasteiger partial charge in [-0.25, -0.2) is 0 Å². The molecule has 2 atom stereocenters. The van der Waals surface area contributed by atoms with Crippen LogP contribution < -0.4 is 0 Å². The van der Waals surface area contributed by atoms with Crippen molar-refractivity contribution in [1.82, 2.24) is 0 Å². The van der Waals surface area contributed by atoms with Gasteiger partial charge in [0.15, 0.2) is 0 Å². The molecule has 0 fully saturated rings. The molecule has 0 spiro atoms. The van der Waals surface area contributed by atoms with Crippen LogP contribution in [0.3, 0.4) is 0 Å². The van der Waals surface area contributed by atoms with Crippen molar-refractivity contribution in [2.24, 2.45) is 0 Å². The molecule has 7 heavy (non-hydrogen) atoms. The Morgan fingerprint density at radius 2 is 2.00 bits per heavy atom. The van der Waals surface area contributed by atoms with Gasteiger partial charge in [-0.2, -0.15) is 0 Å². The molecule has 0 amide bonds. The van der Waals surface area contributed by atoms with Crippen molar-refractivity contribution < 1.29 is 10.2 Å². The van der Waals surface area contributed by atoms with E-state index in [-0.39, 0.29) is 0 Å². The first-order valence-corrected chi connectivity index (χ1v) is 2.54. The Hall–Kier alpha value is -0.0151. The lowest BCUT2D eigenvalue weighted by atomic mass is 9.97. The van der Waals surface area contributed by atoms with E-state index in [1.807, 2.05) is 7.85 Å². The Labute approximate surface area is 44.6 Å². The van der Waals surface area contributed by atoms with Gasteiger partial charge in [0.2, 0.25) is 0 Å². The Balaban J connectivity index is 3.14. The third kappa shape index (κ3) is 2.65. The molecular weight excluding hydrogens is 90.9 g/mol. The molecule has 0 bridgehead atoms. The van der Waals surface area contributed by atoms with E-state index in [1.54, 1.807) is 6.92 Å². The molecule has 42 valence electrons. The van der Waals surface area contributed by atoms with Crippen LogP contribution in [0.5, 0.6) is 0 Å². The first-order valence-electron chi connectivity index (χ1n) is 2.54. The molecule has 0 aliphatic carbocycles. The second-order valence-corrected chi connectivity index (χ2v) is 1.72. The molecule has 0 aliphatic rings. The number of rotatable bonds is 2. The second kappa shape index (κ2) is 3.05. The average molecular weight is 102 g/mol. The van der Waals surface area contributed by atoms with Crippen molar-refractivity contribution in [2.75, 3.05) is 0 Å². The summed E-state index contributed by atoms with van der Waals surface area (Å²) in [5.41, 5.74) is 0. The van der Waals surface area contributed by atoms with Gasteiger partial charge in [0.25, 0.3) is 0 Å². The molecule has 0 aromatic heterocycles. The quantitative estimate of drug-likeness (QED) is 0.429. The fourth-order valence-electron chi connectivity index (χ4n) is 0.341. The summed E-state index contributed by atoms with van der Waals surface area (Å²) in [4.78, 5) is 0. The zero-order valence-corrected chi connectivity index (χ0v) is 4.76. The van der Waals surface area contributed by atoms with Crippen molar-refractivity contribution in [1.29, 1.82) is 0 Å². The van der Waals surface area contributed by atoms with Gasteiger partial charge in [-0.1, -0.05) is 6.32 Å². The summed E-state index contributed by atoms with van der Waals surface area (Å²) in [5, 5.41) is 17.3. The van der Waals surface area contributed by atoms with Crippen molar-refractivity contribution >= 4 is 7.85 Å². The third-order valence-electron chi connectivity index (χ3n) is 0.975. The lowest BCUT2D eigenvalue weighted by molar-refractivity contribution is 0.0443. The molecule has 0 aliphatic heterocycles. The number of hydrogen-bond acceptors (Lipinski definition) is 2. The van der Waals surface area contributed by atoms with Gasteiger partial charge in [0.05, 0.1) is 12.2 Å². The molecule has 3 heteroatoms. The molecule has 2 unspecified atom stereocenters. The zero-order chi connectivity index (χ0) is 5.86. The first-order chi connectivity index (χ1) is 3.18. The minimum atomic E-state index is -0.579. The van der Waals surface area contributed by atoms with Crippen molar-refractivity contribution in [3.05, 3.63) is 0 Å². The summed E-state index contributed by atoms with van der Waals surface area (Å²) in [6, 6.07) is 0. The summed E-state index contributed by atoms with van der Waals surface area (Å²) in [6.45, 7) is 1.58. The van der Waals surface area contributed by atoms with Crippen LogP contribution in [-0.4, -0.2) is 30.3 Å². The van der Waals surface area contributed by atoms with E-state index in [2.05, 4.69) is 0 Å². The Morgan fingerprint density at radius 1 is 1.57 bits per heavy atom. The molecular formula is C4H11BO2. The largest absolute Gasteiger partial charge is 0.391 e. The molecule has 2 nitrogen and oxygen atoms in total. The Bertz CT molecular complexity index is 47.0.